The van der Waals surface area contributed by atoms with Crippen LogP contribution in [0, 0.1) is 36.9 Å². The maximum absolute atomic E-state index is 5.97. The van der Waals surface area contributed by atoms with Gasteiger partial charge in [0, 0.05) is 82.9 Å². The summed E-state index contributed by atoms with van der Waals surface area (Å²) in [7, 11) is 3.88. The molecule has 448 valence electrons. The van der Waals surface area contributed by atoms with Crippen molar-refractivity contribution in [1.82, 2.24) is 28.2 Å². The number of hydrogen-bond acceptors (Lipinski definition) is 4. The van der Waals surface area contributed by atoms with Crippen molar-refractivity contribution in [2.75, 3.05) is 0 Å². The topological polar surface area (TPSA) is 79.5 Å². The molecule has 0 N–H and O–H groups in total. The fraction of sp³-hybridized carbons (Fsp3) is 0.211. The van der Waals surface area contributed by atoms with E-state index >= 15 is 0 Å². The van der Waals surface area contributed by atoms with Crippen molar-refractivity contribution in [2.24, 2.45) is 14.1 Å². The molecular formula is C76H76Ir2N8O2+2. The third kappa shape index (κ3) is 14.1. The summed E-state index contributed by atoms with van der Waals surface area (Å²) in [6, 6.07) is 66.4. The van der Waals surface area contributed by atoms with Crippen LogP contribution in [0.4, 0.5) is 0 Å². The van der Waals surface area contributed by atoms with Crippen LogP contribution >= 0.6 is 0 Å². The first-order valence-corrected chi connectivity index (χ1v) is 28.7. The number of para-hydroxylation sites is 4. The third-order valence-corrected chi connectivity index (χ3v) is 14.9. The van der Waals surface area contributed by atoms with Gasteiger partial charge in [-0.15, -0.1) is 71.8 Å². The largest absolute Gasteiger partial charge is 3.00 e. The standard InChI is InChI=1S/2C21H23N2.2C16H11N2O.2CH4.2Ir/c2*1-15(2)18-11-8-12-19(16(3)4)20(18)23-14-13-22-21(23)17-9-6-5-7-10-17;2*1-17-9-10-18(11-17)14-7-4-6-13-12-5-2-3-8-15(12)19-16(13)14;;;;/h2*5-9,11-16H,1-4H3;2*2-6,8-10H,1H3;2*1H4;;/q4*-1;;;2*+3. The summed E-state index contributed by atoms with van der Waals surface area (Å²) in [6.07, 6.45) is 22.0. The average molecular weight is 1520 g/mol. The van der Waals surface area contributed by atoms with E-state index in [9.17, 15) is 0 Å². The number of imidazole rings is 4. The maximum atomic E-state index is 5.97. The molecule has 0 atom stereocenters. The molecule has 14 aromatic rings. The summed E-state index contributed by atoms with van der Waals surface area (Å²) >= 11 is 0. The van der Waals surface area contributed by atoms with Crippen LogP contribution < -0.4 is 9.13 Å². The molecule has 0 amide bonds. The zero-order valence-electron chi connectivity index (χ0n) is 50.0. The summed E-state index contributed by atoms with van der Waals surface area (Å²) in [5.74, 6) is 3.72. The molecule has 14 rings (SSSR count). The van der Waals surface area contributed by atoms with Crippen LogP contribution in [0.5, 0.6) is 0 Å². The normalized spacial score (nSPS) is 10.9. The van der Waals surface area contributed by atoms with Crippen LogP contribution in [0.1, 0.15) is 116 Å². The van der Waals surface area contributed by atoms with Crippen molar-refractivity contribution in [3.8, 4) is 45.5 Å². The van der Waals surface area contributed by atoms with Gasteiger partial charge >= 0.3 is 40.2 Å². The van der Waals surface area contributed by atoms with Gasteiger partial charge in [0.15, 0.2) is 0 Å². The molecule has 10 nitrogen and oxygen atoms in total. The minimum atomic E-state index is 0. The zero-order chi connectivity index (χ0) is 58.4. The van der Waals surface area contributed by atoms with E-state index in [4.69, 9.17) is 8.83 Å². The molecule has 0 aliphatic rings. The number of nitrogens with zero attached hydrogens (tertiary/aromatic N) is 8. The summed E-state index contributed by atoms with van der Waals surface area (Å²) in [4.78, 5) is 9.19. The van der Waals surface area contributed by atoms with Crippen molar-refractivity contribution in [3.05, 3.63) is 266 Å². The van der Waals surface area contributed by atoms with E-state index in [1.807, 2.05) is 167 Å². The Kier molecular flexibility index (Phi) is 22.8. The molecule has 6 heterocycles. The van der Waals surface area contributed by atoms with E-state index in [0.29, 0.717) is 23.7 Å². The second-order valence-electron chi connectivity index (χ2n) is 22.1. The van der Waals surface area contributed by atoms with E-state index in [2.05, 4.69) is 184 Å². The SMILES string of the molecule is C.C.CC(C)c1cccc(C(C)C)c1-n1ccnc1-c1[c-]cccc1.CC(C)c1cccc(C(C)C)c1-n1ccnc1-c1[c-]cccc1.C[n+]1[c-]n(-c2[c-]ccc3c2oc2ccccc23)cc1.C[n+]1[c-]n(-c2[c-]ccc3c2oc2ccccc23)cc1.[Ir+3].[Ir+3]. The van der Waals surface area contributed by atoms with Crippen LogP contribution in [0.3, 0.4) is 0 Å². The van der Waals surface area contributed by atoms with Crippen molar-refractivity contribution in [3.63, 3.8) is 0 Å². The summed E-state index contributed by atoms with van der Waals surface area (Å²) in [6.45, 7) is 18.0. The second-order valence-corrected chi connectivity index (χ2v) is 22.1. The number of furan rings is 2. The van der Waals surface area contributed by atoms with Gasteiger partial charge in [-0.3, -0.25) is 9.97 Å². The number of aryl methyl sites for hydroxylation is 2. The minimum Gasteiger partial charge on any atom is -0.521 e. The van der Waals surface area contributed by atoms with Gasteiger partial charge < -0.3 is 36.2 Å². The van der Waals surface area contributed by atoms with Crippen LogP contribution in [-0.4, -0.2) is 28.2 Å². The fourth-order valence-corrected chi connectivity index (χ4v) is 10.8. The van der Waals surface area contributed by atoms with E-state index in [0.717, 1.165) is 78.0 Å². The molecule has 0 bridgehead atoms. The molecule has 0 aliphatic heterocycles. The van der Waals surface area contributed by atoms with Crippen molar-refractivity contribution >= 4 is 43.9 Å². The summed E-state index contributed by atoms with van der Waals surface area (Å²) in [5, 5.41) is 4.47. The number of fused-ring (bicyclic) bond motifs is 6. The van der Waals surface area contributed by atoms with E-state index < -0.39 is 0 Å². The Bertz CT molecular complexity index is 4160. The molecule has 12 heteroatoms. The summed E-state index contributed by atoms with van der Waals surface area (Å²) < 4.78 is 23.9. The van der Waals surface area contributed by atoms with Gasteiger partial charge in [0.1, 0.15) is 11.2 Å². The van der Waals surface area contributed by atoms with E-state index in [1.165, 1.54) is 33.6 Å². The van der Waals surface area contributed by atoms with Crippen LogP contribution in [0.25, 0.3) is 89.4 Å². The van der Waals surface area contributed by atoms with Crippen LogP contribution in [0.15, 0.2) is 216 Å². The molecule has 0 saturated heterocycles. The average Bonchev–Trinajstić information content (AvgIpc) is 1.75. The summed E-state index contributed by atoms with van der Waals surface area (Å²) in [5.41, 5.74) is 15.2. The van der Waals surface area contributed by atoms with Crippen LogP contribution in [-0.2, 0) is 54.3 Å². The number of hydrogen-bond donors (Lipinski definition) is 0. The monoisotopic (exact) mass is 1520 g/mol. The number of aromatic nitrogens is 8. The molecule has 0 spiro atoms. The Morgan fingerprint density at radius 3 is 1.09 bits per heavy atom. The molecule has 0 fully saturated rings. The van der Waals surface area contributed by atoms with Gasteiger partial charge in [-0.05, 0) is 69.4 Å². The zero-order valence-corrected chi connectivity index (χ0v) is 54.8. The molecule has 88 heavy (non-hydrogen) atoms. The smallest absolute Gasteiger partial charge is 0.521 e. The van der Waals surface area contributed by atoms with Crippen molar-refractivity contribution in [1.29, 1.82) is 0 Å². The van der Waals surface area contributed by atoms with Crippen molar-refractivity contribution < 1.29 is 58.2 Å². The predicted molar refractivity (Wildman–Crippen MR) is 349 cm³/mol. The minimum absolute atomic E-state index is 0. The third-order valence-electron chi connectivity index (χ3n) is 14.9. The number of benzene rings is 8. The number of rotatable bonds is 10. The first kappa shape index (κ1) is 67.0. The van der Waals surface area contributed by atoms with E-state index in [1.54, 1.807) is 0 Å². The molecule has 6 aromatic heterocycles. The molecule has 0 saturated carbocycles. The molecule has 8 aromatic carbocycles. The first-order chi connectivity index (χ1) is 40.8. The fourth-order valence-electron chi connectivity index (χ4n) is 10.8. The quantitative estimate of drug-likeness (QED) is 0.101. The Hall–Kier alpha value is -8.50. The molecular weight excluding hydrogens is 1440 g/mol. The van der Waals surface area contributed by atoms with Gasteiger partial charge in [-0.1, -0.05) is 154 Å². The van der Waals surface area contributed by atoms with Gasteiger partial charge in [0.05, 0.1) is 25.7 Å². The van der Waals surface area contributed by atoms with Gasteiger partial charge in [-0.25, -0.2) is 0 Å². The van der Waals surface area contributed by atoms with Gasteiger partial charge in [0.25, 0.3) is 0 Å². The Labute approximate surface area is 546 Å². The second kappa shape index (κ2) is 29.9. The predicted octanol–water partition coefficient (Wildman–Crippen LogP) is 18.0. The molecule has 0 aliphatic carbocycles. The van der Waals surface area contributed by atoms with E-state index in [-0.39, 0.29) is 55.1 Å². The van der Waals surface area contributed by atoms with Gasteiger partial charge in [0.2, 0.25) is 12.7 Å². The van der Waals surface area contributed by atoms with Gasteiger partial charge in [-0.2, -0.15) is 36.4 Å². The maximum Gasteiger partial charge on any atom is 3.00 e. The Balaban J connectivity index is 0.000000165. The van der Waals surface area contributed by atoms with Crippen molar-refractivity contribution in [2.45, 2.75) is 93.9 Å². The first-order valence-electron chi connectivity index (χ1n) is 28.7. The van der Waals surface area contributed by atoms with Crippen LogP contribution in [0.2, 0.25) is 0 Å². The Morgan fingerprint density at radius 1 is 0.398 bits per heavy atom. The Morgan fingerprint density at radius 2 is 0.761 bits per heavy atom. The molecule has 0 unspecified atom stereocenters. The molecule has 0 radical (unpaired) electrons.